The highest BCUT2D eigenvalue weighted by atomic mass is 16.5. The van der Waals surface area contributed by atoms with Crippen LogP contribution in [0.4, 0.5) is 0 Å². The molecule has 0 aromatic carbocycles. The van der Waals surface area contributed by atoms with Crippen molar-refractivity contribution < 1.29 is 9.84 Å². The zero-order chi connectivity index (χ0) is 5.54. The van der Waals surface area contributed by atoms with Crippen LogP contribution in [0, 0.1) is 0 Å². The van der Waals surface area contributed by atoms with Crippen LogP contribution >= 0.6 is 0 Å². The molecule has 0 bridgehead atoms. The molecule has 0 saturated heterocycles. The van der Waals surface area contributed by atoms with E-state index in [1.54, 1.807) is 6.08 Å². The van der Waals surface area contributed by atoms with Crippen molar-refractivity contribution in [1.29, 1.82) is 0 Å². The molecule has 0 aromatic rings. The summed E-state index contributed by atoms with van der Waals surface area (Å²) in [6.45, 7) is 2.61. The molecule has 0 atom stereocenters. The van der Waals surface area contributed by atoms with Crippen molar-refractivity contribution >= 4 is 0 Å². The summed E-state index contributed by atoms with van der Waals surface area (Å²) < 4.78 is 4.73. The molecule has 0 saturated carbocycles. The molecule has 0 aliphatic rings. The third kappa shape index (κ3) is 5.50. The molecule has 0 aliphatic heterocycles. The molecule has 0 spiro atoms. The Morgan fingerprint density at radius 3 is 2.86 bits per heavy atom. The molecule has 0 unspecified atom stereocenters. The molecular formula is C5H10O2. The lowest BCUT2D eigenvalue weighted by atomic mass is 10.7. The van der Waals surface area contributed by atoms with Crippen molar-refractivity contribution in [3.63, 3.8) is 0 Å². The van der Waals surface area contributed by atoms with E-state index in [1.165, 1.54) is 6.26 Å². The van der Waals surface area contributed by atoms with Gasteiger partial charge in [-0.05, 0) is 13.0 Å². The molecule has 2 nitrogen and oxygen atoms in total. The molecule has 0 radical (unpaired) electrons. The molecule has 42 valence electrons. The van der Waals surface area contributed by atoms with E-state index in [0.717, 1.165) is 0 Å². The summed E-state index contributed by atoms with van der Waals surface area (Å²) in [6, 6.07) is 0. The fourth-order valence-corrected chi connectivity index (χ4v) is 0.207. The maximum Gasteiger partial charge on any atom is 0.0845 e. The van der Waals surface area contributed by atoms with E-state index in [1.807, 2.05) is 6.92 Å². The minimum Gasteiger partial charge on any atom is -0.502 e. The standard InChI is InChI=1S/C5H10O2/c1-2-7-5-3-4-6/h3,5-6H,2,4H2,1H3/b5-3+. The van der Waals surface area contributed by atoms with Gasteiger partial charge in [0.25, 0.3) is 0 Å². The van der Waals surface area contributed by atoms with Gasteiger partial charge >= 0.3 is 0 Å². The Morgan fingerprint density at radius 2 is 2.43 bits per heavy atom. The van der Waals surface area contributed by atoms with Gasteiger partial charge in [-0.2, -0.15) is 0 Å². The van der Waals surface area contributed by atoms with E-state index < -0.39 is 0 Å². The Bertz CT molecular complexity index is 50.0. The van der Waals surface area contributed by atoms with E-state index >= 15 is 0 Å². The van der Waals surface area contributed by atoms with Gasteiger partial charge in [0.15, 0.2) is 0 Å². The van der Waals surface area contributed by atoms with Crippen LogP contribution in [0.2, 0.25) is 0 Å². The summed E-state index contributed by atoms with van der Waals surface area (Å²) in [5, 5.41) is 8.13. The van der Waals surface area contributed by atoms with Crippen molar-refractivity contribution in [2.45, 2.75) is 6.92 Å². The summed E-state index contributed by atoms with van der Waals surface area (Å²) in [5.74, 6) is 0. The third-order valence-electron chi connectivity index (χ3n) is 0.465. The average molecular weight is 102 g/mol. The highest BCUT2D eigenvalue weighted by Crippen LogP contribution is 1.72. The molecule has 2 heteroatoms. The molecule has 0 fully saturated rings. The Hall–Kier alpha value is -0.500. The molecule has 1 N–H and O–H groups in total. The summed E-state index contributed by atoms with van der Waals surface area (Å²) in [6.07, 6.45) is 3.03. The number of hydrogen-bond donors (Lipinski definition) is 1. The summed E-state index contributed by atoms with van der Waals surface area (Å²) >= 11 is 0. The monoisotopic (exact) mass is 102 g/mol. The normalized spacial score (nSPS) is 10.0. The van der Waals surface area contributed by atoms with Crippen molar-refractivity contribution in [2.24, 2.45) is 0 Å². The molecule has 0 aromatic heterocycles. The predicted molar refractivity (Wildman–Crippen MR) is 27.9 cm³/mol. The van der Waals surface area contributed by atoms with Crippen LogP contribution in [0.15, 0.2) is 12.3 Å². The van der Waals surface area contributed by atoms with E-state index in [4.69, 9.17) is 9.84 Å². The van der Waals surface area contributed by atoms with Gasteiger partial charge in [0.2, 0.25) is 0 Å². The summed E-state index contributed by atoms with van der Waals surface area (Å²) in [7, 11) is 0. The van der Waals surface area contributed by atoms with Gasteiger partial charge < -0.3 is 9.84 Å². The molecule has 7 heavy (non-hydrogen) atoms. The third-order valence-corrected chi connectivity index (χ3v) is 0.465. The lowest BCUT2D eigenvalue weighted by Gasteiger charge is -1.88. The molecule has 0 heterocycles. The van der Waals surface area contributed by atoms with Crippen molar-refractivity contribution in [3.05, 3.63) is 12.3 Å². The molecule has 0 amide bonds. The lowest BCUT2D eigenvalue weighted by Crippen LogP contribution is -1.78. The largest absolute Gasteiger partial charge is 0.502 e. The fourth-order valence-electron chi connectivity index (χ4n) is 0.207. The average Bonchev–Trinajstić information content (AvgIpc) is 1.69. The topological polar surface area (TPSA) is 29.5 Å². The second-order valence-electron chi connectivity index (χ2n) is 1.01. The maximum atomic E-state index is 8.13. The van der Waals surface area contributed by atoms with Crippen LogP contribution < -0.4 is 0 Å². The number of aliphatic hydroxyl groups is 1. The van der Waals surface area contributed by atoms with Crippen LogP contribution in [-0.2, 0) is 4.74 Å². The second kappa shape index (κ2) is 5.50. The van der Waals surface area contributed by atoms with Gasteiger partial charge in [0.1, 0.15) is 0 Å². The first-order valence-electron chi connectivity index (χ1n) is 2.29. The van der Waals surface area contributed by atoms with E-state index in [-0.39, 0.29) is 6.61 Å². The fraction of sp³-hybridized carbons (Fsp3) is 0.600. The number of rotatable bonds is 3. The Morgan fingerprint density at radius 1 is 1.71 bits per heavy atom. The first-order chi connectivity index (χ1) is 3.41. The van der Waals surface area contributed by atoms with Crippen LogP contribution in [0.25, 0.3) is 0 Å². The molecule has 0 aliphatic carbocycles. The van der Waals surface area contributed by atoms with Gasteiger partial charge in [-0.1, -0.05) is 0 Å². The van der Waals surface area contributed by atoms with Crippen molar-refractivity contribution in [1.82, 2.24) is 0 Å². The number of hydrogen-bond acceptors (Lipinski definition) is 2. The highest BCUT2D eigenvalue weighted by Gasteiger charge is 1.65. The Kier molecular flexibility index (Phi) is 5.11. The van der Waals surface area contributed by atoms with E-state index in [0.29, 0.717) is 6.61 Å². The highest BCUT2D eigenvalue weighted by molar-refractivity contribution is 4.70. The van der Waals surface area contributed by atoms with Crippen molar-refractivity contribution in [2.75, 3.05) is 13.2 Å². The van der Waals surface area contributed by atoms with Gasteiger partial charge in [-0.25, -0.2) is 0 Å². The van der Waals surface area contributed by atoms with Gasteiger partial charge in [-0.15, -0.1) is 0 Å². The lowest BCUT2D eigenvalue weighted by molar-refractivity contribution is 0.262. The quantitative estimate of drug-likeness (QED) is 0.527. The summed E-state index contributed by atoms with van der Waals surface area (Å²) in [5.41, 5.74) is 0. The van der Waals surface area contributed by atoms with Crippen LogP contribution in [-0.4, -0.2) is 18.3 Å². The van der Waals surface area contributed by atoms with Crippen molar-refractivity contribution in [3.8, 4) is 0 Å². The minimum absolute atomic E-state index is 0.0556. The van der Waals surface area contributed by atoms with E-state index in [9.17, 15) is 0 Å². The Labute approximate surface area is 43.4 Å². The number of ether oxygens (including phenoxy) is 1. The minimum atomic E-state index is 0.0556. The summed E-state index contributed by atoms with van der Waals surface area (Å²) in [4.78, 5) is 0. The van der Waals surface area contributed by atoms with Gasteiger partial charge in [-0.3, -0.25) is 0 Å². The second-order valence-corrected chi connectivity index (χ2v) is 1.01. The van der Waals surface area contributed by atoms with Gasteiger partial charge in [0.05, 0.1) is 19.5 Å². The van der Waals surface area contributed by atoms with E-state index in [2.05, 4.69) is 0 Å². The first-order valence-corrected chi connectivity index (χ1v) is 2.29. The maximum absolute atomic E-state index is 8.13. The Balaban J connectivity index is 2.78. The first kappa shape index (κ1) is 6.50. The van der Waals surface area contributed by atoms with Crippen LogP contribution in [0.1, 0.15) is 6.92 Å². The van der Waals surface area contributed by atoms with Crippen LogP contribution in [0.5, 0.6) is 0 Å². The van der Waals surface area contributed by atoms with Gasteiger partial charge in [0, 0.05) is 0 Å². The smallest absolute Gasteiger partial charge is 0.0845 e. The zero-order valence-electron chi connectivity index (χ0n) is 4.42. The van der Waals surface area contributed by atoms with Crippen LogP contribution in [0.3, 0.4) is 0 Å². The SMILES string of the molecule is CCO/C=C/CO. The number of aliphatic hydroxyl groups excluding tert-OH is 1. The molecular weight excluding hydrogens is 92.1 g/mol. The molecule has 0 rings (SSSR count). The predicted octanol–water partition coefficient (Wildman–Crippen LogP) is 0.529. The zero-order valence-corrected chi connectivity index (χ0v) is 4.42.